The molecule has 9 heteroatoms. The number of hydrogen-bond donors (Lipinski definition) is 1. The standard InChI is InChI=1S/C17H12Cl2N2O3S2/c1-3-7-24-16(23)13-8(2)20-17(26-13)21-15(22)14-12(19)11-9(18)5-4-6-10(11)25-14/h3-6H,1,7H2,2H3,(H,20,21,22). The lowest BCUT2D eigenvalue weighted by Gasteiger charge is -1.99. The molecule has 134 valence electrons. The molecule has 1 amide bonds. The molecule has 1 aromatic carbocycles. The van der Waals surface area contributed by atoms with E-state index >= 15 is 0 Å². The van der Waals surface area contributed by atoms with E-state index in [9.17, 15) is 9.59 Å². The summed E-state index contributed by atoms with van der Waals surface area (Å²) >= 11 is 14.8. The van der Waals surface area contributed by atoms with Crippen molar-refractivity contribution < 1.29 is 14.3 Å². The van der Waals surface area contributed by atoms with Crippen molar-refractivity contribution in [1.82, 2.24) is 4.98 Å². The van der Waals surface area contributed by atoms with Crippen molar-refractivity contribution in [2.24, 2.45) is 0 Å². The fourth-order valence-electron chi connectivity index (χ4n) is 2.21. The van der Waals surface area contributed by atoms with Crippen LogP contribution >= 0.6 is 45.9 Å². The summed E-state index contributed by atoms with van der Waals surface area (Å²) in [6.07, 6.45) is 1.48. The van der Waals surface area contributed by atoms with Crippen LogP contribution in [0, 0.1) is 6.92 Å². The molecule has 0 aliphatic heterocycles. The average molecular weight is 427 g/mol. The highest BCUT2D eigenvalue weighted by molar-refractivity contribution is 7.22. The van der Waals surface area contributed by atoms with Gasteiger partial charge in [0.05, 0.1) is 15.7 Å². The van der Waals surface area contributed by atoms with E-state index in [1.807, 2.05) is 6.07 Å². The fraction of sp³-hybridized carbons (Fsp3) is 0.118. The average Bonchev–Trinajstić information content (AvgIpc) is 3.13. The molecule has 5 nitrogen and oxygen atoms in total. The van der Waals surface area contributed by atoms with Crippen molar-refractivity contribution in [3.63, 3.8) is 0 Å². The molecule has 2 aromatic heterocycles. The first-order valence-corrected chi connectivity index (χ1v) is 9.74. The van der Waals surface area contributed by atoms with Crippen LogP contribution in [0.2, 0.25) is 10.0 Å². The van der Waals surface area contributed by atoms with E-state index < -0.39 is 11.9 Å². The van der Waals surface area contributed by atoms with E-state index in [0.717, 1.165) is 16.0 Å². The molecule has 0 spiro atoms. The zero-order chi connectivity index (χ0) is 18.8. The second-order valence-corrected chi connectivity index (χ2v) is 7.97. The number of amides is 1. The summed E-state index contributed by atoms with van der Waals surface area (Å²) in [6, 6.07) is 5.36. The predicted molar refractivity (Wildman–Crippen MR) is 107 cm³/mol. The van der Waals surface area contributed by atoms with Gasteiger partial charge >= 0.3 is 5.97 Å². The van der Waals surface area contributed by atoms with Crippen LogP contribution in [0.1, 0.15) is 25.0 Å². The number of nitrogens with zero attached hydrogens (tertiary/aromatic N) is 1. The summed E-state index contributed by atoms with van der Waals surface area (Å²) in [7, 11) is 0. The number of hydrogen-bond acceptors (Lipinski definition) is 6. The molecule has 0 bridgehead atoms. The van der Waals surface area contributed by atoms with Crippen molar-refractivity contribution >= 4 is 73.0 Å². The lowest BCUT2D eigenvalue weighted by Crippen LogP contribution is -2.10. The minimum Gasteiger partial charge on any atom is -0.457 e. The lowest BCUT2D eigenvalue weighted by atomic mass is 10.2. The van der Waals surface area contributed by atoms with Crippen molar-refractivity contribution in [2.75, 3.05) is 11.9 Å². The first-order chi connectivity index (χ1) is 12.4. The summed E-state index contributed by atoms with van der Waals surface area (Å²) in [5, 5.41) is 4.40. The molecular formula is C17H12Cl2N2O3S2. The van der Waals surface area contributed by atoms with Gasteiger partial charge in [-0.2, -0.15) is 0 Å². The van der Waals surface area contributed by atoms with E-state index in [1.54, 1.807) is 19.1 Å². The second kappa shape index (κ2) is 7.75. The van der Waals surface area contributed by atoms with Gasteiger partial charge in [-0.05, 0) is 19.1 Å². The Labute approximate surface area is 167 Å². The number of fused-ring (bicyclic) bond motifs is 1. The molecule has 0 aliphatic carbocycles. The maximum atomic E-state index is 12.6. The number of anilines is 1. The maximum absolute atomic E-state index is 12.6. The number of benzene rings is 1. The Morgan fingerprint density at radius 3 is 2.77 bits per heavy atom. The third kappa shape index (κ3) is 3.61. The molecule has 1 N–H and O–H groups in total. The van der Waals surface area contributed by atoms with Crippen LogP contribution in [-0.2, 0) is 4.74 Å². The van der Waals surface area contributed by atoms with Crippen LogP contribution in [0.4, 0.5) is 5.13 Å². The smallest absolute Gasteiger partial charge is 0.350 e. The molecule has 3 rings (SSSR count). The SMILES string of the molecule is C=CCOC(=O)c1sc(NC(=O)c2sc3cccc(Cl)c3c2Cl)nc1C. The second-order valence-electron chi connectivity index (χ2n) is 5.13. The monoisotopic (exact) mass is 426 g/mol. The fourth-order valence-corrected chi connectivity index (χ4v) is 4.92. The first kappa shape index (κ1) is 18.8. The van der Waals surface area contributed by atoms with Gasteiger partial charge in [-0.25, -0.2) is 9.78 Å². The summed E-state index contributed by atoms with van der Waals surface area (Å²) < 4.78 is 5.82. The van der Waals surface area contributed by atoms with Crippen molar-refractivity contribution in [2.45, 2.75) is 6.92 Å². The van der Waals surface area contributed by atoms with E-state index in [2.05, 4.69) is 16.9 Å². The number of esters is 1. The molecule has 0 atom stereocenters. The number of aromatic nitrogens is 1. The van der Waals surface area contributed by atoms with Gasteiger partial charge in [0.2, 0.25) is 0 Å². The lowest BCUT2D eigenvalue weighted by molar-refractivity contribution is 0.0554. The minimum absolute atomic E-state index is 0.107. The largest absolute Gasteiger partial charge is 0.457 e. The van der Waals surface area contributed by atoms with Crippen LogP contribution < -0.4 is 5.32 Å². The molecule has 0 fully saturated rings. The third-order valence-corrected chi connectivity index (χ3v) is 6.36. The van der Waals surface area contributed by atoms with Gasteiger partial charge in [-0.15, -0.1) is 11.3 Å². The van der Waals surface area contributed by atoms with Gasteiger partial charge in [0.25, 0.3) is 5.91 Å². The van der Waals surface area contributed by atoms with Gasteiger partial charge in [0.1, 0.15) is 16.4 Å². The van der Waals surface area contributed by atoms with E-state index in [4.69, 9.17) is 27.9 Å². The van der Waals surface area contributed by atoms with E-state index in [1.165, 1.54) is 17.4 Å². The number of aryl methyl sites for hydroxylation is 1. The molecule has 0 radical (unpaired) electrons. The summed E-state index contributed by atoms with van der Waals surface area (Å²) in [6.45, 7) is 5.27. The number of rotatable bonds is 5. The Balaban J connectivity index is 1.85. The first-order valence-electron chi connectivity index (χ1n) is 7.35. The van der Waals surface area contributed by atoms with Gasteiger partial charge in [-0.1, -0.05) is 53.3 Å². The number of thiophene rings is 1. The minimum atomic E-state index is -0.507. The Bertz CT molecular complexity index is 1030. The number of ether oxygens (including phenoxy) is 1. The third-order valence-electron chi connectivity index (χ3n) is 3.35. The normalized spacial score (nSPS) is 10.7. The topological polar surface area (TPSA) is 68.3 Å². The summed E-state index contributed by atoms with van der Waals surface area (Å²) in [5.41, 5.74) is 0.477. The molecule has 0 saturated carbocycles. The number of thiazole rings is 1. The molecule has 2 heterocycles. The Morgan fingerprint density at radius 2 is 2.08 bits per heavy atom. The molecule has 0 saturated heterocycles. The highest BCUT2D eigenvalue weighted by Gasteiger charge is 2.22. The van der Waals surface area contributed by atoms with Gasteiger partial charge in [0, 0.05) is 10.1 Å². The van der Waals surface area contributed by atoms with Gasteiger partial charge in [0.15, 0.2) is 5.13 Å². The van der Waals surface area contributed by atoms with Gasteiger partial charge < -0.3 is 4.74 Å². The Hall–Kier alpha value is -1.93. The number of carbonyl (C=O) groups excluding carboxylic acids is 2. The van der Waals surface area contributed by atoms with E-state index in [0.29, 0.717) is 30.9 Å². The highest BCUT2D eigenvalue weighted by atomic mass is 35.5. The molecule has 0 unspecified atom stereocenters. The van der Waals surface area contributed by atoms with Crippen LogP contribution in [0.25, 0.3) is 10.1 Å². The van der Waals surface area contributed by atoms with Crippen LogP contribution in [0.15, 0.2) is 30.9 Å². The zero-order valence-electron chi connectivity index (χ0n) is 13.5. The van der Waals surface area contributed by atoms with Crippen LogP contribution in [0.5, 0.6) is 0 Å². The van der Waals surface area contributed by atoms with Crippen molar-refractivity contribution in [3.05, 3.63) is 56.3 Å². The Morgan fingerprint density at radius 1 is 1.31 bits per heavy atom. The molecular weight excluding hydrogens is 415 g/mol. The highest BCUT2D eigenvalue weighted by Crippen LogP contribution is 2.39. The summed E-state index contributed by atoms with van der Waals surface area (Å²) in [4.78, 5) is 29.4. The summed E-state index contributed by atoms with van der Waals surface area (Å²) in [5.74, 6) is -0.917. The number of carbonyl (C=O) groups is 2. The van der Waals surface area contributed by atoms with E-state index in [-0.39, 0.29) is 11.7 Å². The zero-order valence-corrected chi connectivity index (χ0v) is 16.6. The molecule has 3 aromatic rings. The Kier molecular flexibility index (Phi) is 5.62. The molecule has 0 aliphatic rings. The predicted octanol–water partition coefficient (Wildman–Crippen LogP) is 5.57. The van der Waals surface area contributed by atoms with Gasteiger partial charge in [-0.3, -0.25) is 10.1 Å². The number of nitrogens with one attached hydrogen (secondary N) is 1. The number of halogens is 2. The van der Waals surface area contributed by atoms with Crippen molar-refractivity contribution in [1.29, 1.82) is 0 Å². The quantitative estimate of drug-likeness (QED) is 0.427. The maximum Gasteiger partial charge on any atom is 0.350 e. The molecule has 26 heavy (non-hydrogen) atoms. The van der Waals surface area contributed by atoms with Crippen LogP contribution in [-0.4, -0.2) is 23.5 Å². The van der Waals surface area contributed by atoms with Crippen LogP contribution in [0.3, 0.4) is 0 Å². The van der Waals surface area contributed by atoms with Crippen molar-refractivity contribution in [3.8, 4) is 0 Å².